The lowest BCUT2D eigenvalue weighted by Crippen LogP contribution is -2.33. The van der Waals surface area contributed by atoms with Gasteiger partial charge in [-0.3, -0.25) is 4.99 Å². The van der Waals surface area contributed by atoms with Gasteiger partial charge in [0.2, 0.25) is 0 Å². The van der Waals surface area contributed by atoms with E-state index in [1.54, 1.807) is 0 Å². The average molecular weight is 160 g/mol. The van der Waals surface area contributed by atoms with Crippen LogP contribution >= 0.6 is 11.6 Å². The van der Waals surface area contributed by atoms with Gasteiger partial charge in [-0.25, -0.2) is 0 Å². The molecule has 0 radical (unpaired) electrons. The van der Waals surface area contributed by atoms with Crippen LogP contribution in [0.25, 0.3) is 0 Å². The van der Waals surface area contributed by atoms with E-state index in [0.29, 0.717) is 0 Å². The van der Waals surface area contributed by atoms with Crippen molar-refractivity contribution in [3.05, 3.63) is 0 Å². The van der Waals surface area contributed by atoms with Gasteiger partial charge in [0.15, 0.2) is 0 Å². The standard InChI is InChI=1S/C8H14ClN/c1-3-8(9)5-4-6-10-7(8)2/h3-6H2,1-2H3. The number of nitrogens with zero attached hydrogens (tertiary/aromatic N) is 1. The maximum Gasteiger partial charge on any atom is 0.0817 e. The molecule has 58 valence electrons. The van der Waals surface area contributed by atoms with E-state index in [-0.39, 0.29) is 4.87 Å². The lowest BCUT2D eigenvalue weighted by Gasteiger charge is -2.28. The molecule has 1 nitrogen and oxygen atoms in total. The SMILES string of the molecule is CCC1(Cl)CCCN=C1C. The summed E-state index contributed by atoms with van der Waals surface area (Å²) in [5.74, 6) is 0. The third-order valence-corrected chi connectivity index (χ3v) is 3.02. The van der Waals surface area contributed by atoms with Gasteiger partial charge in [-0.05, 0) is 26.2 Å². The molecule has 1 rings (SSSR count). The molecule has 0 fully saturated rings. The van der Waals surface area contributed by atoms with E-state index in [0.717, 1.165) is 31.5 Å². The normalized spacial score (nSPS) is 33.7. The van der Waals surface area contributed by atoms with E-state index in [2.05, 4.69) is 11.9 Å². The first-order chi connectivity index (χ1) is 4.69. The second-order valence-corrected chi connectivity index (χ2v) is 3.61. The smallest absolute Gasteiger partial charge is 0.0817 e. The Morgan fingerprint density at radius 3 is 2.80 bits per heavy atom. The van der Waals surface area contributed by atoms with Crippen LogP contribution in [0.5, 0.6) is 0 Å². The Morgan fingerprint density at radius 2 is 2.40 bits per heavy atom. The Bertz CT molecular complexity index is 153. The number of alkyl halides is 1. The molecule has 0 aromatic carbocycles. The quantitative estimate of drug-likeness (QED) is 0.522. The lowest BCUT2D eigenvalue weighted by molar-refractivity contribution is 0.582. The van der Waals surface area contributed by atoms with Crippen molar-refractivity contribution in [2.45, 2.75) is 38.0 Å². The number of halogens is 1. The van der Waals surface area contributed by atoms with Crippen molar-refractivity contribution in [1.82, 2.24) is 0 Å². The fraction of sp³-hybridized carbons (Fsp3) is 0.875. The summed E-state index contributed by atoms with van der Waals surface area (Å²) in [6, 6.07) is 0. The molecule has 0 N–H and O–H groups in total. The zero-order chi connectivity index (χ0) is 7.61. The number of hydrogen-bond donors (Lipinski definition) is 0. The molecule has 1 atom stereocenters. The minimum atomic E-state index is -0.0990. The van der Waals surface area contributed by atoms with Gasteiger partial charge in [0.1, 0.15) is 0 Å². The molecule has 0 spiro atoms. The van der Waals surface area contributed by atoms with Gasteiger partial charge in [-0.15, -0.1) is 11.6 Å². The molecule has 1 aliphatic rings. The van der Waals surface area contributed by atoms with E-state index in [9.17, 15) is 0 Å². The number of aliphatic imine (C=N–C) groups is 1. The summed E-state index contributed by atoms with van der Waals surface area (Å²) in [7, 11) is 0. The molecule has 0 saturated carbocycles. The minimum Gasteiger partial charge on any atom is -0.293 e. The highest BCUT2D eigenvalue weighted by Gasteiger charge is 2.29. The van der Waals surface area contributed by atoms with Crippen LogP contribution in [0.15, 0.2) is 4.99 Å². The van der Waals surface area contributed by atoms with E-state index in [4.69, 9.17) is 11.6 Å². The Kier molecular flexibility index (Phi) is 2.35. The van der Waals surface area contributed by atoms with Crippen LogP contribution in [0, 0.1) is 0 Å². The van der Waals surface area contributed by atoms with Crippen molar-refractivity contribution in [3.63, 3.8) is 0 Å². The Labute approximate surface area is 67.5 Å². The lowest BCUT2D eigenvalue weighted by atomic mass is 9.92. The maximum atomic E-state index is 6.28. The maximum absolute atomic E-state index is 6.28. The molecule has 1 aliphatic heterocycles. The summed E-state index contributed by atoms with van der Waals surface area (Å²) in [5.41, 5.74) is 1.13. The molecule has 0 amide bonds. The highest BCUT2D eigenvalue weighted by atomic mass is 35.5. The van der Waals surface area contributed by atoms with Gasteiger partial charge in [0, 0.05) is 12.3 Å². The summed E-state index contributed by atoms with van der Waals surface area (Å²) >= 11 is 6.28. The summed E-state index contributed by atoms with van der Waals surface area (Å²) in [6.45, 7) is 5.13. The van der Waals surface area contributed by atoms with E-state index < -0.39 is 0 Å². The molecular weight excluding hydrogens is 146 g/mol. The third-order valence-electron chi connectivity index (χ3n) is 2.29. The fourth-order valence-electron chi connectivity index (χ4n) is 1.36. The highest BCUT2D eigenvalue weighted by molar-refractivity contribution is 6.36. The van der Waals surface area contributed by atoms with Crippen LogP contribution in [0.1, 0.15) is 33.1 Å². The molecular formula is C8H14ClN. The Balaban J connectivity index is 2.74. The van der Waals surface area contributed by atoms with Crippen molar-refractivity contribution in [2.24, 2.45) is 4.99 Å². The van der Waals surface area contributed by atoms with Crippen LogP contribution < -0.4 is 0 Å². The second kappa shape index (κ2) is 2.91. The number of rotatable bonds is 1. The minimum absolute atomic E-state index is 0.0990. The highest BCUT2D eigenvalue weighted by Crippen LogP contribution is 2.30. The monoisotopic (exact) mass is 159 g/mol. The van der Waals surface area contributed by atoms with Crippen LogP contribution in [0.2, 0.25) is 0 Å². The van der Waals surface area contributed by atoms with E-state index >= 15 is 0 Å². The zero-order valence-electron chi connectivity index (χ0n) is 6.65. The first kappa shape index (κ1) is 8.06. The van der Waals surface area contributed by atoms with E-state index in [1.807, 2.05) is 6.92 Å². The summed E-state index contributed by atoms with van der Waals surface area (Å²) in [6.07, 6.45) is 3.25. The predicted molar refractivity (Wildman–Crippen MR) is 46.1 cm³/mol. The Morgan fingerprint density at radius 1 is 1.70 bits per heavy atom. The van der Waals surface area contributed by atoms with Gasteiger partial charge in [0.25, 0.3) is 0 Å². The molecule has 0 aromatic rings. The van der Waals surface area contributed by atoms with Gasteiger partial charge >= 0.3 is 0 Å². The van der Waals surface area contributed by atoms with E-state index in [1.165, 1.54) is 0 Å². The Hall–Kier alpha value is -0.0400. The molecule has 0 aromatic heterocycles. The van der Waals surface area contributed by atoms with Crippen LogP contribution in [-0.2, 0) is 0 Å². The molecule has 1 heterocycles. The van der Waals surface area contributed by atoms with Gasteiger partial charge in [-0.2, -0.15) is 0 Å². The molecule has 2 heteroatoms. The largest absolute Gasteiger partial charge is 0.293 e. The molecule has 10 heavy (non-hydrogen) atoms. The second-order valence-electron chi connectivity index (χ2n) is 2.89. The van der Waals surface area contributed by atoms with Crippen molar-refractivity contribution in [3.8, 4) is 0 Å². The third kappa shape index (κ3) is 1.34. The first-order valence-corrected chi connectivity index (χ1v) is 4.27. The summed E-state index contributed by atoms with van der Waals surface area (Å²) < 4.78 is 0. The topological polar surface area (TPSA) is 12.4 Å². The van der Waals surface area contributed by atoms with Crippen LogP contribution in [0.3, 0.4) is 0 Å². The average Bonchev–Trinajstić information content (AvgIpc) is 1.96. The first-order valence-electron chi connectivity index (χ1n) is 3.89. The summed E-state index contributed by atoms with van der Waals surface area (Å²) in [4.78, 5) is 4.24. The fourth-order valence-corrected chi connectivity index (χ4v) is 1.55. The van der Waals surface area contributed by atoms with Gasteiger partial charge in [-0.1, -0.05) is 6.92 Å². The van der Waals surface area contributed by atoms with Crippen LogP contribution in [0.4, 0.5) is 0 Å². The van der Waals surface area contributed by atoms with Crippen molar-refractivity contribution < 1.29 is 0 Å². The predicted octanol–water partition coefficient (Wildman–Crippen LogP) is 2.63. The van der Waals surface area contributed by atoms with Gasteiger partial charge < -0.3 is 0 Å². The molecule has 1 unspecified atom stereocenters. The molecule has 0 aliphatic carbocycles. The van der Waals surface area contributed by atoms with Crippen molar-refractivity contribution >= 4 is 17.3 Å². The zero-order valence-corrected chi connectivity index (χ0v) is 7.41. The van der Waals surface area contributed by atoms with Gasteiger partial charge in [0.05, 0.1) is 4.87 Å². The number of hydrogen-bond acceptors (Lipinski definition) is 1. The van der Waals surface area contributed by atoms with Crippen LogP contribution in [-0.4, -0.2) is 17.1 Å². The molecule has 0 saturated heterocycles. The van der Waals surface area contributed by atoms with Crippen molar-refractivity contribution in [2.75, 3.05) is 6.54 Å². The van der Waals surface area contributed by atoms with Crippen molar-refractivity contribution in [1.29, 1.82) is 0 Å². The molecule has 0 bridgehead atoms. The summed E-state index contributed by atoms with van der Waals surface area (Å²) in [5, 5.41) is 0.